The average Bonchev–Trinajstić information content (AvgIpc) is 2.29. The van der Waals surface area contributed by atoms with Gasteiger partial charge < -0.3 is 10.1 Å². The van der Waals surface area contributed by atoms with E-state index in [0.29, 0.717) is 18.7 Å². The summed E-state index contributed by atoms with van der Waals surface area (Å²) < 4.78 is 6.10. The first-order valence-electron chi connectivity index (χ1n) is 5.43. The smallest absolute Gasteiger partial charge is 0.252 e. The third kappa shape index (κ3) is 4.69. The van der Waals surface area contributed by atoms with Gasteiger partial charge in [0, 0.05) is 22.5 Å². The number of carbonyl (C=O) groups is 1. The van der Waals surface area contributed by atoms with Gasteiger partial charge in [0.25, 0.3) is 5.91 Å². The minimum Gasteiger partial charge on any atom is -0.377 e. The SMILES string of the molecule is CCOC(C)CNC(=O)c1cc(S)ccc1Br. The maximum atomic E-state index is 11.9. The second-order valence-corrected chi connectivity index (χ2v) is 5.01. The molecule has 5 heteroatoms. The molecule has 1 rings (SSSR count). The highest BCUT2D eigenvalue weighted by molar-refractivity contribution is 9.10. The number of amides is 1. The van der Waals surface area contributed by atoms with Crippen LogP contribution < -0.4 is 5.32 Å². The van der Waals surface area contributed by atoms with Crippen LogP contribution in [0.2, 0.25) is 0 Å². The van der Waals surface area contributed by atoms with E-state index in [0.717, 1.165) is 9.37 Å². The summed E-state index contributed by atoms with van der Waals surface area (Å²) in [6, 6.07) is 5.36. The van der Waals surface area contributed by atoms with Crippen LogP contribution in [-0.2, 0) is 4.74 Å². The highest BCUT2D eigenvalue weighted by Crippen LogP contribution is 2.20. The fraction of sp³-hybridized carbons (Fsp3) is 0.417. The first kappa shape index (κ1) is 14.5. The molecular weight excluding hydrogens is 302 g/mol. The van der Waals surface area contributed by atoms with E-state index in [-0.39, 0.29) is 12.0 Å². The van der Waals surface area contributed by atoms with E-state index in [2.05, 4.69) is 33.9 Å². The predicted octanol–water partition coefficient (Wildman–Crippen LogP) is 2.89. The first-order chi connectivity index (χ1) is 8.04. The van der Waals surface area contributed by atoms with Crippen molar-refractivity contribution in [2.75, 3.05) is 13.2 Å². The molecule has 1 amide bonds. The number of hydrogen-bond donors (Lipinski definition) is 2. The number of rotatable bonds is 5. The lowest BCUT2D eigenvalue weighted by atomic mass is 10.2. The zero-order valence-electron chi connectivity index (χ0n) is 9.87. The van der Waals surface area contributed by atoms with Gasteiger partial charge in [0.1, 0.15) is 0 Å². The molecule has 1 N–H and O–H groups in total. The lowest BCUT2D eigenvalue weighted by Gasteiger charge is -2.13. The van der Waals surface area contributed by atoms with Crippen molar-refractivity contribution in [1.29, 1.82) is 0 Å². The van der Waals surface area contributed by atoms with E-state index < -0.39 is 0 Å². The monoisotopic (exact) mass is 317 g/mol. The predicted molar refractivity (Wildman–Crippen MR) is 74.8 cm³/mol. The summed E-state index contributed by atoms with van der Waals surface area (Å²) in [6.07, 6.45) is 0.0157. The molecule has 0 fully saturated rings. The molecule has 1 aromatic rings. The molecular formula is C12H16BrNO2S. The zero-order valence-corrected chi connectivity index (χ0v) is 12.3. The second kappa shape index (κ2) is 7.03. The Bertz CT molecular complexity index is 398. The number of nitrogens with one attached hydrogen (secondary N) is 1. The molecule has 0 aliphatic rings. The van der Waals surface area contributed by atoms with E-state index >= 15 is 0 Å². The topological polar surface area (TPSA) is 38.3 Å². The molecule has 1 unspecified atom stereocenters. The number of ether oxygens (including phenoxy) is 1. The fourth-order valence-electron chi connectivity index (χ4n) is 1.36. The van der Waals surface area contributed by atoms with Gasteiger partial charge in [-0.05, 0) is 48.0 Å². The van der Waals surface area contributed by atoms with Gasteiger partial charge in [-0.25, -0.2) is 0 Å². The van der Waals surface area contributed by atoms with E-state index in [1.807, 2.05) is 26.0 Å². The zero-order chi connectivity index (χ0) is 12.8. The second-order valence-electron chi connectivity index (χ2n) is 3.64. The lowest BCUT2D eigenvalue weighted by molar-refractivity contribution is 0.0694. The molecule has 1 atom stereocenters. The Labute approximate surface area is 115 Å². The van der Waals surface area contributed by atoms with Gasteiger partial charge in [-0.2, -0.15) is 0 Å². The van der Waals surface area contributed by atoms with Gasteiger partial charge in [-0.1, -0.05) is 0 Å². The minimum absolute atomic E-state index is 0.0157. The van der Waals surface area contributed by atoms with Crippen LogP contribution in [0.5, 0.6) is 0 Å². The van der Waals surface area contributed by atoms with Gasteiger partial charge in [-0.3, -0.25) is 4.79 Å². The van der Waals surface area contributed by atoms with Crippen LogP contribution in [0.3, 0.4) is 0 Å². The third-order valence-corrected chi connectivity index (χ3v) is 3.17. The molecule has 0 radical (unpaired) electrons. The summed E-state index contributed by atoms with van der Waals surface area (Å²) in [5.41, 5.74) is 0.584. The number of hydrogen-bond acceptors (Lipinski definition) is 3. The molecule has 0 aliphatic carbocycles. The van der Waals surface area contributed by atoms with E-state index in [1.165, 1.54) is 0 Å². The van der Waals surface area contributed by atoms with Gasteiger partial charge in [-0.15, -0.1) is 12.6 Å². The van der Waals surface area contributed by atoms with Crippen molar-refractivity contribution >= 4 is 34.5 Å². The Morgan fingerprint density at radius 2 is 2.29 bits per heavy atom. The van der Waals surface area contributed by atoms with Crippen LogP contribution in [0.4, 0.5) is 0 Å². The van der Waals surface area contributed by atoms with Crippen molar-refractivity contribution in [2.24, 2.45) is 0 Å². The summed E-state index contributed by atoms with van der Waals surface area (Å²) in [6.45, 7) is 5.00. The first-order valence-corrected chi connectivity index (χ1v) is 6.67. The summed E-state index contributed by atoms with van der Waals surface area (Å²) in [5, 5.41) is 2.82. The molecule has 94 valence electrons. The summed E-state index contributed by atoms with van der Waals surface area (Å²) in [5.74, 6) is -0.126. The molecule has 1 aromatic carbocycles. The fourth-order valence-corrected chi connectivity index (χ4v) is 1.99. The summed E-state index contributed by atoms with van der Waals surface area (Å²) in [4.78, 5) is 12.7. The van der Waals surface area contributed by atoms with Crippen molar-refractivity contribution in [2.45, 2.75) is 24.8 Å². The summed E-state index contributed by atoms with van der Waals surface area (Å²) >= 11 is 7.56. The van der Waals surface area contributed by atoms with Crippen molar-refractivity contribution in [3.05, 3.63) is 28.2 Å². The maximum absolute atomic E-state index is 11.9. The van der Waals surface area contributed by atoms with Gasteiger partial charge in [0.05, 0.1) is 11.7 Å². The quantitative estimate of drug-likeness (QED) is 0.819. The Kier molecular flexibility index (Phi) is 6.02. The standard InChI is InChI=1S/C12H16BrNO2S/c1-3-16-8(2)7-14-12(15)10-6-9(17)4-5-11(10)13/h4-6,8,17H,3,7H2,1-2H3,(H,14,15). The number of benzene rings is 1. The Hall–Kier alpha value is -0.520. The van der Waals surface area contributed by atoms with Crippen LogP contribution in [0.25, 0.3) is 0 Å². The van der Waals surface area contributed by atoms with Crippen LogP contribution in [0.1, 0.15) is 24.2 Å². The minimum atomic E-state index is -0.126. The van der Waals surface area contributed by atoms with Crippen molar-refractivity contribution < 1.29 is 9.53 Å². The third-order valence-electron chi connectivity index (χ3n) is 2.20. The number of carbonyl (C=O) groups excluding carboxylic acids is 1. The van der Waals surface area contributed by atoms with Crippen molar-refractivity contribution in [3.8, 4) is 0 Å². The largest absolute Gasteiger partial charge is 0.377 e. The average molecular weight is 318 g/mol. The molecule has 0 heterocycles. The molecule has 0 spiro atoms. The normalized spacial score (nSPS) is 12.2. The van der Waals surface area contributed by atoms with Crippen molar-refractivity contribution in [3.63, 3.8) is 0 Å². The molecule has 0 aliphatic heterocycles. The van der Waals surface area contributed by atoms with Crippen LogP contribution in [-0.4, -0.2) is 25.2 Å². The van der Waals surface area contributed by atoms with E-state index in [1.54, 1.807) is 6.07 Å². The van der Waals surface area contributed by atoms with E-state index in [9.17, 15) is 4.79 Å². The Morgan fingerprint density at radius 1 is 1.59 bits per heavy atom. The van der Waals surface area contributed by atoms with Crippen LogP contribution in [0, 0.1) is 0 Å². The van der Waals surface area contributed by atoms with E-state index in [4.69, 9.17) is 4.74 Å². The highest BCUT2D eigenvalue weighted by atomic mass is 79.9. The highest BCUT2D eigenvalue weighted by Gasteiger charge is 2.11. The van der Waals surface area contributed by atoms with Crippen molar-refractivity contribution in [1.82, 2.24) is 5.32 Å². The summed E-state index contributed by atoms with van der Waals surface area (Å²) in [7, 11) is 0. The van der Waals surface area contributed by atoms with Gasteiger partial charge >= 0.3 is 0 Å². The lowest BCUT2D eigenvalue weighted by Crippen LogP contribution is -2.32. The molecule has 0 aromatic heterocycles. The Morgan fingerprint density at radius 3 is 2.94 bits per heavy atom. The molecule has 0 saturated carbocycles. The van der Waals surface area contributed by atoms with Gasteiger partial charge in [0.15, 0.2) is 0 Å². The molecule has 0 saturated heterocycles. The van der Waals surface area contributed by atoms with Crippen LogP contribution in [0.15, 0.2) is 27.6 Å². The molecule has 17 heavy (non-hydrogen) atoms. The molecule has 3 nitrogen and oxygen atoms in total. The van der Waals surface area contributed by atoms with Gasteiger partial charge in [0.2, 0.25) is 0 Å². The molecule has 0 bridgehead atoms. The van der Waals surface area contributed by atoms with Crippen LogP contribution >= 0.6 is 28.6 Å². The number of thiol groups is 1. The number of halogens is 1. The maximum Gasteiger partial charge on any atom is 0.252 e. The Balaban J connectivity index is 2.61.